The van der Waals surface area contributed by atoms with Crippen LogP contribution in [0.15, 0.2) is 23.3 Å². The van der Waals surface area contributed by atoms with Gasteiger partial charge in [0.1, 0.15) is 5.75 Å². The molecule has 1 aliphatic rings. The fraction of sp³-hybridized carbons (Fsp3) is 0.300. The zero-order chi connectivity index (χ0) is 11.5. The molecule has 0 aromatic heterocycles. The van der Waals surface area contributed by atoms with Crippen LogP contribution >= 0.6 is 0 Å². The average Bonchev–Trinajstić information content (AvgIpc) is 2.81. The first-order chi connectivity index (χ1) is 7.72. The van der Waals surface area contributed by atoms with Crippen molar-refractivity contribution in [2.24, 2.45) is 5.10 Å². The van der Waals surface area contributed by atoms with Crippen molar-refractivity contribution in [1.29, 1.82) is 0 Å². The summed E-state index contributed by atoms with van der Waals surface area (Å²) in [6, 6.07) is 4.66. The maximum Gasteiger partial charge on any atom is 0.278 e. The lowest BCUT2D eigenvalue weighted by atomic mass is 10.1. The molecular formula is C10H11N3O3. The minimum atomic E-state index is -0.407. The number of methoxy groups -OCH3 is 1. The third-order valence-corrected chi connectivity index (χ3v) is 2.40. The lowest BCUT2D eigenvalue weighted by molar-refractivity contribution is -0.385. The first-order valence-corrected chi connectivity index (χ1v) is 4.84. The van der Waals surface area contributed by atoms with Crippen LogP contribution in [0.3, 0.4) is 0 Å². The molecule has 2 rings (SSSR count). The van der Waals surface area contributed by atoms with Gasteiger partial charge in [-0.25, -0.2) is 0 Å². The lowest BCUT2D eigenvalue weighted by Crippen LogP contribution is -2.03. The number of ether oxygens (including phenoxy) is 1. The minimum absolute atomic E-state index is 0.0586. The van der Waals surface area contributed by atoms with Crippen molar-refractivity contribution in [3.05, 3.63) is 33.9 Å². The van der Waals surface area contributed by atoms with Crippen LogP contribution in [0.4, 0.5) is 5.69 Å². The number of nitrogens with zero attached hydrogens (tertiary/aromatic N) is 2. The van der Waals surface area contributed by atoms with Gasteiger partial charge in [0.15, 0.2) is 0 Å². The molecule has 1 aliphatic heterocycles. The van der Waals surface area contributed by atoms with Gasteiger partial charge in [0.2, 0.25) is 0 Å². The van der Waals surface area contributed by atoms with Crippen molar-refractivity contribution >= 4 is 11.4 Å². The molecule has 0 saturated heterocycles. The summed E-state index contributed by atoms with van der Waals surface area (Å²) in [6.07, 6.45) is 0.688. The van der Waals surface area contributed by atoms with E-state index in [1.54, 1.807) is 12.1 Å². The summed E-state index contributed by atoms with van der Waals surface area (Å²) in [5, 5.41) is 14.9. The van der Waals surface area contributed by atoms with Crippen molar-refractivity contribution in [3.63, 3.8) is 0 Å². The van der Waals surface area contributed by atoms with E-state index in [-0.39, 0.29) is 5.69 Å². The van der Waals surface area contributed by atoms with E-state index in [1.807, 2.05) is 0 Å². The zero-order valence-corrected chi connectivity index (χ0v) is 8.77. The van der Waals surface area contributed by atoms with Gasteiger partial charge in [0.25, 0.3) is 5.69 Å². The molecule has 1 heterocycles. The number of nitro groups is 1. The predicted molar refractivity (Wildman–Crippen MR) is 58.8 cm³/mol. The van der Waals surface area contributed by atoms with E-state index in [1.165, 1.54) is 13.2 Å². The highest BCUT2D eigenvalue weighted by Crippen LogP contribution is 2.26. The van der Waals surface area contributed by atoms with E-state index in [0.29, 0.717) is 30.0 Å². The summed E-state index contributed by atoms with van der Waals surface area (Å²) in [5.41, 5.74) is 4.08. The zero-order valence-electron chi connectivity index (χ0n) is 8.77. The van der Waals surface area contributed by atoms with E-state index >= 15 is 0 Å². The van der Waals surface area contributed by atoms with E-state index in [9.17, 15) is 10.1 Å². The molecule has 0 amide bonds. The summed E-state index contributed by atoms with van der Waals surface area (Å²) < 4.78 is 5.05. The van der Waals surface area contributed by atoms with Gasteiger partial charge in [-0.3, -0.25) is 10.1 Å². The first kappa shape index (κ1) is 10.4. The SMILES string of the molecule is COc1ccc([N+](=O)[O-])c(C2=NNCC2)c1. The van der Waals surface area contributed by atoms with E-state index in [0.717, 1.165) is 0 Å². The molecule has 84 valence electrons. The topological polar surface area (TPSA) is 76.8 Å². The van der Waals surface area contributed by atoms with Gasteiger partial charge in [-0.2, -0.15) is 5.10 Å². The highest BCUT2D eigenvalue weighted by molar-refractivity contribution is 6.04. The van der Waals surface area contributed by atoms with E-state index in [2.05, 4.69) is 10.5 Å². The molecule has 0 saturated carbocycles. The number of nitro benzene ring substituents is 1. The van der Waals surface area contributed by atoms with Crippen LogP contribution < -0.4 is 10.2 Å². The van der Waals surface area contributed by atoms with Gasteiger partial charge in [-0.1, -0.05) is 0 Å². The van der Waals surface area contributed by atoms with Crippen molar-refractivity contribution in [1.82, 2.24) is 5.43 Å². The van der Waals surface area contributed by atoms with Crippen LogP contribution in [-0.4, -0.2) is 24.3 Å². The highest BCUT2D eigenvalue weighted by Gasteiger charge is 2.21. The number of hydrogen-bond acceptors (Lipinski definition) is 5. The fourth-order valence-corrected chi connectivity index (χ4v) is 1.61. The van der Waals surface area contributed by atoms with Crippen LogP contribution in [0, 0.1) is 10.1 Å². The van der Waals surface area contributed by atoms with Crippen molar-refractivity contribution in [3.8, 4) is 5.75 Å². The minimum Gasteiger partial charge on any atom is -0.497 e. The van der Waals surface area contributed by atoms with Crippen LogP contribution in [-0.2, 0) is 0 Å². The Hall–Kier alpha value is -2.11. The first-order valence-electron chi connectivity index (χ1n) is 4.84. The molecule has 6 heteroatoms. The molecule has 0 radical (unpaired) electrons. The summed E-state index contributed by atoms with van der Waals surface area (Å²) in [5.74, 6) is 0.593. The molecule has 0 fully saturated rings. The van der Waals surface area contributed by atoms with Gasteiger partial charge in [-0.05, 0) is 12.1 Å². The van der Waals surface area contributed by atoms with Crippen LogP contribution in [0.2, 0.25) is 0 Å². The Kier molecular flexibility index (Phi) is 2.72. The molecule has 0 bridgehead atoms. The standard InChI is InChI=1S/C10H11N3O3/c1-16-7-2-3-10(13(14)15)8(6-7)9-4-5-11-12-9/h2-3,6,11H,4-5H2,1H3. The highest BCUT2D eigenvalue weighted by atomic mass is 16.6. The Morgan fingerprint density at radius 1 is 1.56 bits per heavy atom. The Balaban J connectivity index is 2.49. The number of benzene rings is 1. The Morgan fingerprint density at radius 2 is 2.38 bits per heavy atom. The quantitative estimate of drug-likeness (QED) is 0.616. The maximum absolute atomic E-state index is 10.9. The second-order valence-electron chi connectivity index (χ2n) is 3.36. The Bertz CT molecular complexity index is 457. The summed E-state index contributed by atoms with van der Waals surface area (Å²) >= 11 is 0. The number of rotatable bonds is 3. The van der Waals surface area contributed by atoms with Gasteiger partial charge in [0.05, 0.1) is 23.3 Å². The molecule has 1 aromatic rings. The molecule has 16 heavy (non-hydrogen) atoms. The van der Waals surface area contributed by atoms with Crippen LogP contribution in [0.25, 0.3) is 0 Å². The largest absolute Gasteiger partial charge is 0.497 e. The number of hydrogen-bond donors (Lipinski definition) is 1. The summed E-state index contributed by atoms with van der Waals surface area (Å²) in [6.45, 7) is 0.712. The Morgan fingerprint density at radius 3 is 2.94 bits per heavy atom. The third-order valence-electron chi connectivity index (χ3n) is 2.40. The van der Waals surface area contributed by atoms with Crippen LogP contribution in [0.1, 0.15) is 12.0 Å². The van der Waals surface area contributed by atoms with Crippen LogP contribution in [0.5, 0.6) is 5.75 Å². The fourth-order valence-electron chi connectivity index (χ4n) is 1.61. The van der Waals surface area contributed by atoms with Gasteiger partial charge >= 0.3 is 0 Å². The monoisotopic (exact) mass is 221 g/mol. The molecule has 1 aromatic carbocycles. The van der Waals surface area contributed by atoms with Crippen molar-refractivity contribution in [2.75, 3.05) is 13.7 Å². The predicted octanol–water partition coefficient (Wildman–Crippen LogP) is 1.30. The lowest BCUT2D eigenvalue weighted by Gasteiger charge is -2.04. The smallest absolute Gasteiger partial charge is 0.278 e. The molecule has 0 aliphatic carbocycles. The number of hydrazone groups is 1. The van der Waals surface area contributed by atoms with Gasteiger partial charge < -0.3 is 10.2 Å². The molecule has 0 unspecified atom stereocenters. The Labute approximate surface area is 92.1 Å². The maximum atomic E-state index is 10.9. The number of nitrogens with one attached hydrogen (secondary N) is 1. The van der Waals surface area contributed by atoms with Gasteiger partial charge in [-0.15, -0.1) is 0 Å². The van der Waals surface area contributed by atoms with E-state index in [4.69, 9.17) is 4.74 Å². The van der Waals surface area contributed by atoms with Crippen molar-refractivity contribution < 1.29 is 9.66 Å². The normalized spacial score (nSPS) is 14.2. The summed E-state index contributed by atoms with van der Waals surface area (Å²) in [4.78, 5) is 10.5. The van der Waals surface area contributed by atoms with Crippen molar-refractivity contribution in [2.45, 2.75) is 6.42 Å². The molecular weight excluding hydrogens is 210 g/mol. The molecule has 0 atom stereocenters. The molecule has 1 N–H and O–H groups in total. The second-order valence-corrected chi connectivity index (χ2v) is 3.36. The van der Waals surface area contributed by atoms with Gasteiger partial charge in [0, 0.05) is 19.0 Å². The van der Waals surface area contributed by atoms with E-state index < -0.39 is 4.92 Å². The molecule has 6 nitrogen and oxygen atoms in total. The second kappa shape index (κ2) is 4.18. The molecule has 0 spiro atoms. The average molecular weight is 221 g/mol. The summed E-state index contributed by atoms with van der Waals surface area (Å²) in [7, 11) is 1.53. The third kappa shape index (κ3) is 1.81.